The highest BCUT2D eigenvalue weighted by Gasteiger charge is 2.23. The second-order valence-corrected chi connectivity index (χ2v) is 6.22. The van der Waals surface area contributed by atoms with Crippen molar-refractivity contribution in [3.8, 4) is 5.75 Å². The van der Waals surface area contributed by atoms with Gasteiger partial charge in [0, 0.05) is 12.6 Å². The molecule has 0 atom stereocenters. The fraction of sp³-hybridized carbons (Fsp3) is 0.240. The van der Waals surface area contributed by atoms with Gasteiger partial charge in [-0.15, -0.1) is 0 Å². The van der Waals surface area contributed by atoms with Crippen molar-refractivity contribution < 1.29 is 13.7 Å². The molecule has 0 spiro atoms. The van der Waals surface area contributed by atoms with E-state index in [-0.39, 0.29) is 0 Å². The van der Waals surface area contributed by atoms with Crippen LogP contribution in [0.2, 0.25) is 0 Å². The topological polar surface area (TPSA) is 29.5 Å². The van der Waals surface area contributed by atoms with Gasteiger partial charge in [-0.25, -0.2) is 0 Å². The number of fused-ring (bicyclic) bond motifs is 2. The van der Waals surface area contributed by atoms with Crippen LogP contribution in [-0.2, 0) is 6.54 Å². The number of benzene rings is 2. The summed E-state index contributed by atoms with van der Waals surface area (Å²) < 4.78 is 14.0. The van der Waals surface area contributed by atoms with E-state index in [4.69, 9.17) is 9.15 Å². The number of hydrogen-bond donors (Lipinski definition) is 0. The van der Waals surface area contributed by atoms with Crippen molar-refractivity contribution >= 4 is 22.9 Å². The maximum Gasteiger partial charge on any atom is 0.374 e. The summed E-state index contributed by atoms with van der Waals surface area (Å²) >= 11 is 0. The molecule has 0 unspecified atom stereocenters. The average molecular weight is 390 g/mol. The number of nitrogens with zero attached hydrogens (tertiary/aromatic N) is 2. The van der Waals surface area contributed by atoms with Gasteiger partial charge in [0.2, 0.25) is 11.5 Å². The molecule has 0 bridgehead atoms. The van der Waals surface area contributed by atoms with Crippen LogP contribution in [0.3, 0.4) is 0 Å². The number of anilines is 1. The van der Waals surface area contributed by atoms with Gasteiger partial charge in [-0.1, -0.05) is 56.3 Å². The van der Waals surface area contributed by atoms with E-state index in [0.29, 0.717) is 0 Å². The highest BCUT2D eigenvalue weighted by Crippen LogP contribution is 2.38. The van der Waals surface area contributed by atoms with Gasteiger partial charge in [0.25, 0.3) is 5.52 Å². The Bertz CT molecular complexity index is 1040. The van der Waals surface area contributed by atoms with Gasteiger partial charge in [0.05, 0.1) is 11.8 Å². The van der Waals surface area contributed by atoms with Crippen molar-refractivity contribution in [1.29, 1.82) is 0 Å². The minimum Gasteiger partial charge on any atom is -0.439 e. The number of para-hydroxylation sites is 4. The standard InChI is InChI=1S/C23H23N2O2.C2H6/c1-3-24-18-12-8-10-14-20(18)26-22(24)16-6-5-7-17-23-25(4-2)19-13-9-11-15-21(19)27-23;1-2/h5-17H,3-4H2,1-2H3;1-2H3/q+1;. The molecule has 0 aliphatic carbocycles. The molecule has 150 valence electrons. The van der Waals surface area contributed by atoms with E-state index in [9.17, 15) is 0 Å². The molecule has 1 aromatic heterocycles. The number of allylic oxidation sites excluding steroid dienone is 4. The SMILES string of the molecule is CC.CCN1\C(=C/C=C/C=C/c2oc3ccccc3[n+]2CC)Oc2ccccc21. The lowest BCUT2D eigenvalue weighted by molar-refractivity contribution is -0.674. The van der Waals surface area contributed by atoms with Gasteiger partial charge >= 0.3 is 5.89 Å². The Morgan fingerprint density at radius 2 is 1.69 bits per heavy atom. The van der Waals surface area contributed by atoms with E-state index in [0.717, 1.165) is 47.4 Å². The largest absolute Gasteiger partial charge is 0.439 e. The molecule has 0 saturated carbocycles. The van der Waals surface area contributed by atoms with Gasteiger partial charge in [0.15, 0.2) is 5.75 Å². The molecule has 0 saturated heterocycles. The molecule has 29 heavy (non-hydrogen) atoms. The van der Waals surface area contributed by atoms with Crippen molar-refractivity contribution in [1.82, 2.24) is 0 Å². The number of hydrogen-bond acceptors (Lipinski definition) is 3. The molecule has 4 rings (SSSR count). The van der Waals surface area contributed by atoms with Gasteiger partial charge in [-0.05, 0) is 38.1 Å². The molecule has 3 aromatic rings. The second-order valence-electron chi connectivity index (χ2n) is 6.22. The lowest BCUT2D eigenvalue weighted by Crippen LogP contribution is -2.33. The molecule has 1 aliphatic rings. The minimum absolute atomic E-state index is 0.843. The normalized spacial score (nSPS) is 14.5. The molecule has 0 fully saturated rings. The summed E-state index contributed by atoms with van der Waals surface area (Å²) in [6, 6.07) is 16.2. The minimum atomic E-state index is 0.843. The molecule has 4 nitrogen and oxygen atoms in total. The summed E-state index contributed by atoms with van der Waals surface area (Å²) in [7, 11) is 0. The summed E-state index contributed by atoms with van der Waals surface area (Å²) in [4.78, 5) is 2.16. The van der Waals surface area contributed by atoms with Crippen molar-refractivity contribution in [3.05, 3.63) is 84.6 Å². The number of ether oxygens (including phenoxy) is 1. The molecule has 2 heterocycles. The Hall–Kier alpha value is -3.27. The third-order valence-corrected chi connectivity index (χ3v) is 4.61. The smallest absolute Gasteiger partial charge is 0.374 e. The van der Waals surface area contributed by atoms with E-state index >= 15 is 0 Å². The van der Waals surface area contributed by atoms with Crippen molar-refractivity contribution in [2.45, 2.75) is 34.2 Å². The fourth-order valence-corrected chi connectivity index (χ4v) is 3.35. The summed E-state index contributed by atoms with van der Waals surface area (Å²) in [5, 5.41) is 0. The maximum atomic E-state index is 5.94. The number of aryl methyl sites for hydroxylation is 1. The molecule has 2 aromatic carbocycles. The van der Waals surface area contributed by atoms with Crippen LogP contribution < -0.4 is 14.2 Å². The van der Waals surface area contributed by atoms with Gasteiger partial charge in [-0.3, -0.25) is 0 Å². The monoisotopic (exact) mass is 389 g/mol. The highest BCUT2D eigenvalue weighted by molar-refractivity contribution is 5.69. The predicted octanol–water partition coefficient (Wildman–Crippen LogP) is 6.10. The van der Waals surface area contributed by atoms with Crippen LogP contribution in [0.1, 0.15) is 33.6 Å². The van der Waals surface area contributed by atoms with Crippen molar-refractivity contribution in [2.75, 3.05) is 11.4 Å². The van der Waals surface area contributed by atoms with Crippen LogP contribution in [0.5, 0.6) is 5.75 Å². The molecule has 1 aliphatic heterocycles. The Morgan fingerprint density at radius 3 is 2.48 bits per heavy atom. The summed E-state index contributed by atoms with van der Waals surface area (Å²) in [6.45, 7) is 9.96. The Labute approximate surface area is 173 Å². The van der Waals surface area contributed by atoms with E-state index in [1.807, 2.05) is 80.6 Å². The summed E-state index contributed by atoms with van der Waals surface area (Å²) in [5.41, 5.74) is 3.13. The van der Waals surface area contributed by atoms with Crippen LogP contribution in [-0.4, -0.2) is 6.54 Å². The van der Waals surface area contributed by atoms with Gasteiger partial charge in [-0.2, -0.15) is 4.57 Å². The number of oxazole rings is 1. The predicted molar refractivity (Wildman–Crippen MR) is 120 cm³/mol. The zero-order chi connectivity index (χ0) is 20.6. The van der Waals surface area contributed by atoms with Crippen LogP contribution in [0.15, 0.2) is 83.1 Å². The lowest BCUT2D eigenvalue weighted by Gasteiger charge is -2.14. The fourth-order valence-electron chi connectivity index (χ4n) is 3.35. The third kappa shape index (κ3) is 4.27. The Balaban J connectivity index is 0.00000117. The van der Waals surface area contributed by atoms with Crippen LogP contribution in [0, 0.1) is 0 Å². The van der Waals surface area contributed by atoms with Gasteiger partial charge < -0.3 is 14.1 Å². The molecule has 0 N–H and O–H groups in total. The Morgan fingerprint density at radius 1 is 0.931 bits per heavy atom. The third-order valence-electron chi connectivity index (χ3n) is 4.61. The van der Waals surface area contributed by atoms with E-state index < -0.39 is 0 Å². The Kier molecular flexibility index (Phi) is 6.90. The average Bonchev–Trinajstić information content (AvgIpc) is 3.31. The van der Waals surface area contributed by atoms with Crippen LogP contribution in [0.4, 0.5) is 5.69 Å². The lowest BCUT2D eigenvalue weighted by atomic mass is 10.3. The first-order valence-electron chi connectivity index (χ1n) is 10.3. The first-order valence-corrected chi connectivity index (χ1v) is 10.3. The van der Waals surface area contributed by atoms with Crippen LogP contribution in [0.25, 0.3) is 17.2 Å². The van der Waals surface area contributed by atoms with E-state index in [1.165, 1.54) is 0 Å². The molecular formula is C25H29N2O2+. The van der Waals surface area contributed by atoms with E-state index in [2.05, 4.69) is 35.4 Å². The zero-order valence-corrected chi connectivity index (χ0v) is 17.6. The molecule has 0 radical (unpaired) electrons. The van der Waals surface area contributed by atoms with Crippen LogP contribution >= 0.6 is 0 Å². The first-order chi connectivity index (χ1) is 14.3. The quantitative estimate of drug-likeness (QED) is 0.390. The highest BCUT2D eigenvalue weighted by atomic mass is 16.5. The molecule has 4 heteroatoms. The maximum absolute atomic E-state index is 5.94. The first kappa shape index (κ1) is 20.5. The summed E-state index contributed by atoms with van der Waals surface area (Å²) in [6.07, 6.45) is 9.93. The molecular weight excluding hydrogens is 360 g/mol. The zero-order valence-electron chi connectivity index (χ0n) is 17.6. The summed E-state index contributed by atoms with van der Waals surface area (Å²) in [5.74, 6) is 2.59. The number of aromatic nitrogens is 1. The van der Waals surface area contributed by atoms with Crippen molar-refractivity contribution in [2.24, 2.45) is 0 Å². The van der Waals surface area contributed by atoms with Crippen molar-refractivity contribution in [3.63, 3.8) is 0 Å². The molecule has 0 amide bonds. The van der Waals surface area contributed by atoms with Gasteiger partial charge in [0.1, 0.15) is 6.54 Å². The number of rotatable bonds is 5. The second kappa shape index (κ2) is 9.78. The van der Waals surface area contributed by atoms with E-state index in [1.54, 1.807) is 0 Å².